The molecule has 0 aliphatic heterocycles. The number of urea groups is 1. The summed E-state index contributed by atoms with van der Waals surface area (Å²) in [6, 6.07) is 20.8. The zero-order chi connectivity index (χ0) is 20.5. The lowest BCUT2D eigenvalue weighted by Gasteiger charge is -2.12. The molecule has 2 aromatic carbocycles. The van der Waals surface area contributed by atoms with Crippen molar-refractivity contribution < 1.29 is 4.79 Å². The molecule has 3 N–H and O–H groups in total. The van der Waals surface area contributed by atoms with Crippen LogP contribution in [-0.4, -0.2) is 28.5 Å². The molecule has 0 saturated carbocycles. The number of guanidine groups is 1. The SMILES string of the molecule is Cc1cc(C)nc(NC(=NCCc2ccccc2)NC(=O)Nc2ccccc2)n1. The van der Waals surface area contributed by atoms with E-state index in [1.165, 1.54) is 5.56 Å². The van der Waals surface area contributed by atoms with E-state index < -0.39 is 6.03 Å². The molecule has 7 heteroatoms. The Labute approximate surface area is 170 Å². The number of anilines is 2. The molecule has 148 valence electrons. The smallest absolute Gasteiger partial charge is 0.308 e. The number of aliphatic imine (C=N–C) groups is 1. The first-order valence-electron chi connectivity index (χ1n) is 9.39. The zero-order valence-corrected chi connectivity index (χ0v) is 16.5. The number of hydrogen-bond donors (Lipinski definition) is 3. The summed E-state index contributed by atoms with van der Waals surface area (Å²) < 4.78 is 0. The van der Waals surface area contributed by atoms with Crippen LogP contribution in [0.2, 0.25) is 0 Å². The number of amides is 2. The molecule has 0 bridgehead atoms. The van der Waals surface area contributed by atoms with Crippen molar-refractivity contribution in [2.75, 3.05) is 17.2 Å². The topological polar surface area (TPSA) is 91.3 Å². The van der Waals surface area contributed by atoms with Gasteiger partial charge in [0.1, 0.15) is 0 Å². The van der Waals surface area contributed by atoms with Crippen molar-refractivity contribution in [3.63, 3.8) is 0 Å². The molecule has 1 aromatic heterocycles. The van der Waals surface area contributed by atoms with Crippen molar-refractivity contribution in [1.82, 2.24) is 15.3 Å². The number of nitrogens with zero attached hydrogens (tertiary/aromatic N) is 3. The molecule has 7 nitrogen and oxygen atoms in total. The molecule has 0 saturated heterocycles. The second-order valence-electron chi connectivity index (χ2n) is 6.51. The van der Waals surface area contributed by atoms with Crippen LogP contribution in [0.15, 0.2) is 71.7 Å². The Morgan fingerprint density at radius 2 is 1.52 bits per heavy atom. The quantitative estimate of drug-likeness (QED) is 0.456. The number of rotatable bonds is 5. The van der Waals surface area contributed by atoms with Gasteiger partial charge in [-0.3, -0.25) is 15.6 Å². The summed E-state index contributed by atoms with van der Waals surface area (Å²) in [4.78, 5) is 25.6. The highest BCUT2D eigenvalue weighted by Crippen LogP contribution is 2.06. The third-order valence-corrected chi connectivity index (χ3v) is 3.99. The van der Waals surface area contributed by atoms with Gasteiger partial charge in [-0.05, 0) is 44.0 Å². The first-order chi connectivity index (χ1) is 14.1. The van der Waals surface area contributed by atoms with Crippen molar-refractivity contribution >= 4 is 23.6 Å². The van der Waals surface area contributed by atoms with Crippen LogP contribution in [0.25, 0.3) is 0 Å². The fraction of sp³-hybridized carbons (Fsp3) is 0.182. The van der Waals surface area contributed by atoms with Gasteiger partial charge in [0.05, 0.1) is 0 Å². The van der Waals surface area contributed by atoms with Crippen LogP contribution >= 0.6 is 0 Å². The van der Waals surface area contributed by atoms with Crippen molar-refractivity contribution in [3.8, 4) is 0 Å². The molecular formula is C22H24N6O. The monoisotopic (exact) mass is 388 g/mol. The van der Waals surface area contributed by atoms with Crippen molar-refractivity contribution in [3.05, 3.63) is 83.7 Å². The van der Waals surface area contributed by atoms with E-state index >= 15 is 0 Å². The molecule has 1 heterocycles. The third-order valence-electron chi connectivity index (χ3n) is 3.99. The number of benzene rings is 2. The molecule has 2 amide bonds. The Bertz CT molecular complexity index is 953. The van der Waals surface area contributed by atoms with Gasteiger partial charge in [-0.1, -0.05) is 48.5 Å². The number of carbonyl (C=O) groups excluding carboxylic acids is 1. The second-order valence-corrected chi connectivity index (χ2v) is 6.51. The minimum Gasteiger partial charge on any atom is -0.308 e. The average molecular weight is 388 g/mol. The van der Waals surface area contributed by atoms with E-state index in [-0.39, 0.29) is 0 Å². The third kappa shape index (κ3) is 6.73. The van der Waals surface area contributed by atoms with E-state index in [0.717, 1.165) is 17.8 Å². The summed E-state index contributed by atoms with van der Waals surface area (Å²) in [6.45, 7) is 4.28. The van der Waals surface area contributed by atoms with E-state index in [9.17, 15) is 4.79 Å². The largest absolute Gasteiger partial charge is 0.326 e. The summed E-state index contributed by atoms with van der Waals surface area (Å²) >= 11 is 0. The molecule has 3 rings (SSSR count). The predicted molar refractivity (Wildman–Crippen MR) is 116 cm³/mol. The number of aryl methyl sites for hydroxylation is 2. The van der Waals surface area contributed by atoms with Gasteiger partial charge in [-0.25, -0.2) is 14.8 Å². The lowest BCUT2D eigenvalue weighted by Crippen LogP contribution is -2.39. The second kappa shape index (κ2) is 9.98. The van der Waals surface area contributed by atoms with Crippen LogP contribution in [0, 0.1) is 13.8 Å². The summed E-state index contributed by atoms with van der Waals surface area (Å²) in [5.74, 6) is 0.681. The van der Waals surface area contributed by atoms with Gasteiger partial charge in [0.25, 0.3) is 0 Å². The number of aromatic nitrogens is 2. The zero-order valence-electron chi connectivity index (χ0n) is 16.5. The van der Waals surface area contributed by atoms with Crippen LogP contribution in [-0.2, 0) is 6.42 Å². The van der Waals surface area contributed by atoms with Crippen LogP contribution in [0.1, 0.15) is 17.0 Å². The lowest BCUT2D eigenvalue weighted by atomic mass is 10.2. The molecule has 0 radical (unpaired) electrons. The van der Waals surface area contributed by atoms with Crippen molar-refractivity contribution in [2.24, 2.45) is 4.99 Å². The highest BCUT2D eigenvalue weighted by Gasteiger charge is 2.09. The van der Waals surface area contributed by atoms with Gasteiger partial charge in [0.2, 0.25) is 11.9 Å². The van der Waals surface area contributed by atoms with Crippen LogP contribution in [0.5, 0.6) is 0 Å². The van der Waals surface area contributed by atoms with E-state index in [1.807, 2.05) is 80.6 Å². The first-order valence-corrected chi connectivity index (χ1v) is 9.39. The molecular weight excluding hydrogens is 364 g/mol. The number of para-hydroxylation sites is 1. The Kier molecular flexibility index (Phi) is 6.89. The van der Waals surface area contributed by atoms with E-state index in [2.05, 4.69) is 30.9 Å². The Morgan fingerprint density at radius 3 is 2.17 bits per heavy atom. The van der Waals surface area contributed by atoms with Gasteiger partial charge in [-0.2, -0.15) is 0 Å². The predicted octanol–water partition coefficient (Wildman–Crippen LogP) is 3.93. The van der Waals surface area contributed by atoms with Crippen molar-refractivity contribution in [2.45, 2.75) is 20.3 Å². The van der Waals surface area contributed by atoms with Gasteiger partial charge >= 0.3 is 6.03 Å². The van der Waals surface area contributed by atoms with Crippen LogP contribution < -0.4 is 16.0 Å². The highest BCUT2D eigenvalue weighted by atomic mass is 16.2. The molecule has 0 unspecified atom stereocenters. The number of nitrogens with one attached hydrogen (secondary N) is 3. The summed E-state index contributed by atoms with van der Waals surface area (Å²) in [7, 11) is 0. The molecule has 0 atom stereocenters. The summed E-state index contributed by atoms with van der Waals surface area (Å²) in [6.07, 6.45) is 0.752. The minimum atomic E-state index is -0.397. The van der Waals surface area contributed by atoms with Crippen LogP contribution in [0.3, 0.4) is 0 Å². The van der Waals surface area contributed by atoms with Gasteiger partial charge < -0.3 is 5.32 Å². The lowest BCUT2D eigenvalue weighted by molar-refractivity contribution is 0.256. The normalized spacial score (nSPS) is 11.0. The molecule has 0 aliphatic carbocycles. The molecule has 29 heavy (non-hydrogen) atoms. The maximum atomic E-state index is 12.4. The van der Waals surface area contributed by atoms with E-state index in [1.54, 1.807) is 0 Å². The fourth-order valence-electron chi connectivity index (χ4n) is 2.73. The molecule has 0 fully saturated rings. The van der Waals surface area contributed by atoms with Crippen LogP contribution in [0.4, 0.5) is 16.4 Å². The maximum Gasteiger partial charge on any atom is 0.326 e. The Hall–Kier alpha value is -3.74. The molecule has 0 spiro atoms. The average Bonchev–Trinajstić information content (AvgIpc) is 2.68. The standard InChI is InChI=1S/C22H24N6O/c1-16-15-17(2)25-21(24-16)27-20(23-14-13-18-9-5-3-6-10-18)28-22(29)26-19-11-7-4-8-12-19/h3-12,15H,13-14H2,1-2H3,(H3,23,24,25,26,27,28,29). The highest BCUT2D eigenvalue weighted by molar-refractivity contribution is 6.06. The van der Waals surface area contributed by atoms with Gasteiger partial charge in [0, 0.05) is 23.6 Å². The van der Waals surface area contributed by atoms with Gasteiger partial charge in [0.15, 0.2) is 0 Å². The minimum absolute atomic E-state index is 0.291. The van der Waals surface area contributed by atoms with E-state index in [0.29, 0.717) is 24.1 Å². The van der Waals surface area contributed by atoms with E-state index in [4.69, 9.17) is 0 Å². The number of hydrogen-bond acceptors (Lipinski definition) is 4. The Balaban J connectivity index is 1.70. The van der Waals surface area contributed by atoms with Gasteiger partial charge in [-0.15, -0.1) is 0 Å². The molecule has 3 aromatic rings. The first kappa shape index (κ1) is 20.0. The number of carbonyl (C=O) groups is 1. The fourth-order valence-corrected chi connectivity index (χ4v) is 2.73. The summed E-state index contributed by atoms with van der Waals surface area (Å²) in [5.41, 5.74) is 3.53. The Morgan fingerprint density at radius 1 is 0.897 bits per heavy atom. The summed E-state index contributed by atoms with van der Waals surface area (Å²) in [5, 5.41) is 8.54. The maximum absolute atomic E-state index is 12.4. The van der Waals surface area contributed by atoms with Crippen molar-refractivity contribution in [1.29, 1.82) is 0 Å². The molecule has 0 aliphatic rings.